The maximum atomic E-state index is 12.2. The Balaban J connectivity index is 1.17. The molecule has 1 saturated heterocycles. The summed E-state index contributed by atoms with van der Waals surface area (Å²) in [5.74, 6) is 0.206. The van der Waals surface area contributed by atoms with Gasteiger partial charge in [-0.1, -0.05) is 72.4 Å². The van der Waals surface area contributed by atoms with E-state index in [9.17, 15) is 19.8 Å². The molecule has 264 valence electrons. The molecular formula is C37H38N6O7S. The van der Waals surface area contributed by atoms with E-state index in [4.69, 9.17) is 14.2 Å². The van der Waals surface area contributed by atoms with E-state index in [2.05, 4.69) is 26.2 Å². The zero-order valence-electron chi connectivity index (χ0n) is 27.8. The summed E-state index contributed by atoms with van der Waals surface area (Å²) in [6.07, 6.45) is -0.587. The molecule has 13 nitrogen and oxygen atoms in total. The lowest BCUT2D eigenvalue weighted by atomic mass is 9.99. The van der Waals surface area contributed by atoms with Crippen molar-refractivity contribution in [3.8, 4) is 22.6 Å². The average Bonchev–Trinajstić information content (AvgIpc) is 3.64. The van der Waals surface area contributed by atoms with Crippen LogP contribution in [-0.2, 0) is 32.2 Å². The lowest BCUT2D eigenvalue weighted by Crippen LogP contribution is -2.38. The second kappa shape index (κ2) is 17.1. The number of phenols is 1. The number of ether oxygens (including phenoxy) is 3. The molecular weight excluding hydrogens is 673 g/mol. The van der Waals surface area contributed by atoms with Gasteiger partial charge in [-0.15, -0.1) is 5.10 Å². The molecule has 51 heavy (non-hydrogen) atoms. The minimum atomic E-state index is -0.673. The summed E-state index contributed by atoms with van der Waals surface area (Å²) in [5, 5.41) is 37.4. The Morgan fingerprint density at radius 2 is 1.69 bits per heavy atom. The van der Waals surface area contributed by atoms with Gasteiger partial charge in [-0.2, -0.15) is 4.68 Å². The van der Waals surface area contributed by atoms with Gasteiger partial charge in [0.1, 0.15) is 12.3 Å². The van der Waals surface area contributed by atoms with Gasteiger partial charge in [-0.3, -0.25) is 4.79 Å². The summed E-state index contributed by atoms with van der Waals surface area (Å²) in [4.78, 5) is 23.7. The predicted molar refractivity (Wildman–Crippen MR) is 189 cm³/mol. The van der Waals surface area contributed by atoms with Crippen molar-refractivity contribution in [1.82, 2.24) is 30.8 Å². The first kappa shape index (κ1) is 35.5. The molecule has 2 heterocycles. The summed E-state index contributed by atoms with van der Waals surface area (Å²) in [6, 6.07) is 29.7. The predicted octanol–water partition coefficient (Wildman–Crippen LogP) is 5.23. The van der Waals surface area contributed by atoms with Crippen LogP contribution in [0.5, 0.6) is 5.75 Å². The Bertz CT molecular complexity index is 1920. The first-order valence-corrected chi connectivity index (χ1v) is 17.4. The van der Waals surface area contributed by atoms with E-state index in [1.165, 1.54) is 11.8 Å². The van der Waals surface area contributed by atoms with Crippen LogP contribution in [0.25, 0.3) is 16.8 Å². The molecule has 1 fully saturated rings. The quantitative estimate of drug-likeness (QED) is 0.0933. The highest BCUT2D eigenvalue weighted by Gasteiger charge is 2.33. The molecule has 1 aliphatic rings. The Hall–Kier alpha value is -5.28. The molecule has 1 aromatic heterocycles. The number of carbonyl (C=O) groups excluding carboxylic acids is 2. The molecule has 0 aliphatic carbocycles. The lowest BCUT2D eigenvalue weighted by molar-refractivity contribution is -0.245. The van der Waals surface area contributed by atoms with E-state index in [-0.39, 0.29) is 44.3 Å². The number of aliphatic hydroxyl groups is 1. The number of amides is 2. The van der Waals surface area contributed by atoms with Crippen molar-refractivity contribution in [2.24, 2.45) is 0 Å². The van der Waals surface area contributed by atoms with Gasteiger partial charge in [0.05, 0.1) is 31.1 Å². The monoisotopic (exact) mass is 710 g/mol. The standard InChI is InChI=1S/C37H38N6O7S/c1-2-48-34(46)21-39-36(47)38-20-25-5-3-6-27(17-25)28-7-4-8-29(18-28)35-49-32(19-33(50-35)26-11-9-24(22-44)10-12-26)23-51-37-40-41-42-43(37)30-13-15-31(45)16-14-30/h3-18,32-33,35,44-45H,2,19-23H2,1H3,(H2,38,39,47)/t32-,33+,35+/m0/s1. The van der Waals surface area contributed by atoms with E-state index < -0.39 is 18.3 Å². The number of aromatic hydroxyl groups is 1. The van der Waals surface area contributed by atoms with Crippen LogP contribution in [0.3, 0.4) is 0 Å². The summed E-state index contributed by atoms with van der Waals surface area (Å²) in [7, 11) is 0. The molecule has 0 spiro atoms. The minimum absolute atomic E-state index is 0.0424. The first-order chi connectivity index (χ1) is 24.9. The molecule has 3 atom stereocenters. The average molecular weight is 711 g/mol. The summed E-state index contributed by atoms with van der Waals surface area (Å²) in [5.41, 5.74) is 6.14. The van der Waals surface area contributed by atoms with Crippen LogP contribution in [0.4, 0.5) is 4.79 Å². The number of esters is 1. The van der Waals surface area contributed by atoms with E-state index in [0.29, 0.717) is 17.3 Å². The molecule has 4 aromatic carbocycles. The molecule has 14 heteroatoms. The zero-order valence-corrected chi connectivity index (χ0v) is 28.7. The number of thioether (sulfide) groups is 1. The second-order valence-corrected chi connectivity index (χ2v) is 12.7. The number of aromatic nitrogens is 4. The number of nitrogens with one attached hydrogen (secondary N) is 2. The summed E-state index contributed by atoms with van der Waals surface area (Å²) >= 11 is 1.47. The molecule has 4 N–H and O–H groups in total. The molecule has 0 saturated carbocycles. The molecule has 0 bridgehead atoms. The van der Waals surface area contributed by atoms with Crippen molar-refractivity contribution in [3.63, 3.8) is 0 Å². The van der Waals surface area contributed by atoms with Gasteiger partial charge in [0, 0.05) is 24.3 Å². The molecule has 5 aromatic rings. The Morgan fingerprint density at radius 1 is 0.922 bits per heavy atom. The third kappa shape index (κ3) is 9.49. The topological polar surface area (TPSA) is 170 Å². The summed E-state index contributed by atoms with van der Waals surface area (Å²) < 4.78 is 19.6. The Morgan fingerprint density at radius 3 is 2.45 bits per heavy atom. The number of phenolic OH excluding ortho intramolecular Hbond substituents is 1. The van der Waals surface area contributed by atoms with Crippen molar-refractivity contribution in [2.75, 3.05) is 18.9 Å². The molecule has 1 aliphatic heterocycles. The number of urea groups is 1. The van der Waals surface area contributed by atoms with Crippen molar-refractivity contribution in [3.05, 3.63) is 119 Å². The van der Waals surface area contributed by atoms with Gasteiger partial charge in [0.15, 0.2) is 6.29 Å². The molecule has 6 rings (SSSR count). The van der Waals surface area contributed by atoms with Crippen molar-refractivity contribution < 1.29 is 34.0 Å². The Labute approximate surface area is 298 Å². The fraction of sp³-hybridized carbons (Fsp3) is 0.270. The van der Waals surface area contributed by atoms with E-state index in [1.807, 2.05) is 72.8 Å². The maximum absolute atomic E-state index is 12.2. The number of hydrogen-bond acceptors (Lipinski definition) is 11. The maximum Gasteiger partial charge on any atom is 0.325 e. The number of tetrazole rings is 1. The number of carbonyl (C=O) groups is 2. The molecule has 2 amide bonds. The van der Waals surface area contributed by atoms with Crippen LogP contribution in [0.15, 0.2) is 102 Å². The fourth-order valence-corrected chi connectivity index (χ4v) is 6.46. The van der Waals surface area contributed by atoms with Crippen LogP contribution in [0.1, 0.15) is 48.0 Å². The van der Waals surface area contributed by atoms with Crippen LogP contribution in [0, 0.1) is 0 Å². The largest absolute Gasteiger partial charge is 0.508 e. The zero-order chi connectivity index (χ0) is 35.6. The van der Waals surface area contributed by atoms with Gasteiger partial charge in [-0.25, -0.2) is 4.79 Å². The SMILES string of the molecule is CCOC(=O)CNC(=O)NCc1cccc(-c2cccc([C@@H]3O[C@H](CSc4nnnn4-c4ccc(O)cc4)C[C@H](c4ccc(CO)cc4)O3)c2)c1. The van der Waals surface area contributed by atoms with Crippen LogP contribution >= 0.6 is 11.8 Å². The van der Waals surface area contributed by atoms with Crippen molar-refractivity contribution in [1.29, 1.82) is 0 Å². The number of aliphatic hydroxyl groups excluding tert-OH is 1. The number of rotatable bonds is 13. The smallest absolute Gasteiger partial charge is 0.325 e. The van der Waals surface area contributed by atoms with E-state index in [0.717, 1.165) is 39.1 Å². The van der Waals surface area contributed by atoms with Gasteiger partial charge in [0.2, 0.25) is 5.16 Å². The van der Waals surface area contributed by atoms with Crippen molar-refractivity contribution >= 4 is 23.8 Å². The normalized spacial score (nSPS) is 17.1. The van der Waals surface area contributed by atoms with Gasteiger partial charge < -0.3 is 35.1 Å². The molecule has 0 unspecified atom stereocenters. The third-order valence-corrected chi connectivity index (χ3v) is 9.17. The Kier molecular flexibility index (Phi) is 11.9. The van der Waals surface area contributed by atoms with Crippen molar-refractivity contribution in [2.45, 2.75) is 50.2 Å². The van der Waals surface area contributed by atoms with Gasteiger partial charge in [-0.05, 0) is 81.6 Å². The summed E-state index contributed by atoms with van der Waals surface area (Å²) in [6.45, 7) is 1.98. The fourth-order valence-electron chi connectivity index (χ4n) is 5.55. The number of hydrogen-bond donors (Lipinski definition) is 4. The number of nitrogens with zero attached hydrogens (tertiary/aromatic N) is 4. The highest BCUT2D eigenvalue weighted by molar-refractivity contribution is 7.99. The van der Waals surface area contributed by atoms with Gasteiger partial charge in [0.25, 0.3) is 0 Å². The van der Waals surface area contributed by atoms with Crippen LogP contribution in [-0.4, -0.2) is 67.4 Å². The second-order valence-electron chi connectivity index (χ2n) is 11.7. The van der Waals surface area contributed by atoms with E-state index >= 15 is 0 Å². The number of benzene rings is 4. The highest BCUT2D eigenvalue weighted by atomic mass is 32.2. The third-order valence-electron chi connectivity index (χ3n) is 8.12. The van der Waals surface area contributed by atoms with Crippen LogP contribution in [0.2, 0.25) is 0 Å². The highest BCUT2D eigenvalue weighted by Crippen LogP contribution is 2.40. The minimum Gasteiger partial charge on any atom is -0.508 e. The van der Waals surface area contributed by atoms with Gasteiger partial charge >= 0.3 is 12.0 Å². The van der Waals surface area contributed by atoms with Crippen LogP contribution < -0.4 is 10.6 Å². The lowest BCUT2D eigenvalue weighted by Gasteiger charge is -2.36. The van der Waals surface area contributed by atoms with E-state index in [1.54, 1.807) is 35.9 Å². The molecule has 0 radical (unpaired) electrons. The first-order valence-electron chi connectivity index (χ1n) is 16.5.